The molecule has 1 N–H and O–H groups in total. The summed E-state index contributed by atoms with van der Waals surface area (Å²) in [6, 6.07) is 19.1. The number of nitrogens with zero attached hydrogens (tertiary/aromatic N) is 2. The molecule has 1 atom stereocenters. The monoisotopic (exact) mass is 347 g/mol. The van der Waals surface area contributed by atoms with E-state index in [1.54, 1.807) is 0 Å². The highest BCUT2D eigenvalue weighted by molar-refractivity contribution is 5.80. The van der Waals surface area contributed by atoms with E-state index in [1.807, 2.05) is 12.1 Å². The molecule has 1 aliphatic carbocycles. The van der Waals surface area contributed by atoms with Crippen LogP contribution in [0.3, 0.4) is 0 Å². The SMILES string of the molecule is CC(c1ccccc1)n1c(CCCNC(=O)C2CC2)nc2ccccc21. The van der Waals surface area contributed by atoms with Crippen molar-refractivity contribution in [1.29, 1.82) is 0 Å². The van der Waals surface area contributed by atoms with E-state index in [4.69, 9.17) is 4.98 Å². The summed E-state index contributed by atoms with van der Waals surface area (Å²) in [5.74, 6) is 1.58. The van der Waals surface area contributed by atoms with Crippen LogP contribution in [0.25, 0.3) is 11.0 Å². The molecule has 1 unspecified atom stereocenters. The van der Waals surface area contributed by atoms with Crippen molar-refractivity contribution in [2.75, 3.05) is 6.54 Å². The van der Waals surface area contributed by atoms with Crippen molar-refractivity contribution >= 4 is 16.9 Å². The Kier molecular flexibility index (Phi) is 4.74. The molecule has 1 aromatic heterocycles. The molecule has 1 fully saturated rings. The molecule has 0 saturated heterocycles. The zero-order valence-corrected chi connectivity index (χ0v) is 15.2. The Balaban J connectivity index is 1.54. The highest BCUT2D eigenvalue weighted by atomic mass is 16.2. The number of benzene rings is 2. The van der Waals surface area contributed by atoms with E-state index >= 15 is 0 Å². The van der Waals surface area contributed by atoms with Crippen molar-refractivity contribution in [2.24, 2.45) is 5.92 Å². The van der Waals surface area contributed by atoms with Gasteiger partial charge in [0.25, 0.3) is 0 Å². The van der Waals surface area contributed by atoms with Crippen LogP contribution >= 0.6 is 0 Å². The van der Waals surface area contributed by atoms with Gasteiger partial charge in [-0.3, -0.25) is 4.79 Å². The molecule has 0 bridgehead atoms. The third-order valence-corrected chi connectivity index (χ3v) is 5.16. The van der Waals surface area contributed by atoms with Crippen molar-refractivity contribution in [3.05, 3.63) is 66.0 Å². The van der Waals surface area contributed by atoms with Gasteiger partial charge in [0, 0.05) is 18.9 Å². The maximum absolute atomic E-state index is 11.8. The molecule has 4 heteroatoms. The summed E-state index contributed by atoms with van der Waals surface area (Å²) < 4.78 is 2.34. The van der Waals surface area contributed by atoms with Crippen LogP contribution in [-0.2, 0) is 11.2 Å². The average Bonchev–Trinajstić information content (AvgIpc) is 3.46. The van der Waals surface area contributed by atoms with Gasteiger partial charge in [0.15, 0.2) is 0 Å². The lowest BCUT2D eigenvalue weighted by molar-refractivity contribution is -0.122. The lowest BCUT2D eigenvalue weighted by atomic mass is 10.1. The molecule has 0 radical (unpaired) electrons. The third-order valence-electron chi connectivity index (χ3n) is 5.16. The van der Waals surface area contributed by atoms with E-state index < -0.39 is 0 Å². The first-order valence-corrected chi connectivity index (χ1v) is 9.52. The molecule has 1 saturated carbocycles. The maximum Gasteiger partial charge on any atom is 0.223 e. The topological polar surface area (TPSA) is 46.9 Å². The quantitative estimate of drug-likeness (QED) is 0.654. The number of imidazole rings is 1. The first-order valence-electron chi connectivity index (χ1n) is 9.52. The van der Waals surface area contributed by atoms with Gasteiger partial charge in [-0.15, -0.1) is 0 Å². The Hall–Kier alpha value is -2.62. The molecule has 0 spiro atoms. The second-order valence-electron chi connectivity index (χ2n) is 7.14. The Morgan fingerprint density at radius 1 is 1.15 bits per heavy atom. The van der Waals surface area contributed by atoms with Crippen molar-refractivity contribution in [2.45, 2.75) is 38.6 Å². The second kappa shape index (κ2) is 7.32. The number of nitrogens with one attached hydrogen (secondary N) is 1. The molecule has 1 heterocycles. The van der Waals surface area contributed by atoms with Crippen LogP contribution in [0.4, 0.5) is 0 Å². The summed E-state index contributed by atoms with van der Waals surface area (Å²) >= 11 is 0. The molecule has 0 aliphatic heterocycles. The fraction of sp³-hybridized carbons (Fsp3) is 0.364. The number of hydrogen-bond donors (Lipinski definition) is 1. The first-order chi connectivity index (χ1) is 12.7. The van der Waals surface area contributed by atoms with Crippen LogP contribution in [0, 0.1) is 5.92 Å². The van der Waals surface area contributed by atoms with Gasteiger partial charge < -0.3 is 9.88 Å². The minimum atomic E-state index is 0.219. The van der Waals surface area contributed by atoms with Crippen LogP contribution in [0.1, 0.15) is 43.6 Å². The Bertz CT molecular complexity index is 896. The normalized spacial score (nSPS) is 15.1. The number of hydrogen-bond acceptors (Lipinski definition) is 2. The lowest BCUT2D eigenvalue weighted by Crippen LogP contribution is -2.26. The number of fused-ring (bicyclic) bond motifs is 1. The number of amides is 1. The smallest absolute Gasteiger partial charge is 0.223 e. The highest BCUT2D eigenvalue weighted by Crippen LogP contribution is 2.29. The lowest BCUT2D eigenvalue weighted by Gasteiger charge is -2.18. The van der Waals surface area contributed by atoms with E-state index in [0.29, 0.717) is 0 Å². The van der Waals surface area contributed by atoms with E-state index in [0.717, 1.165) is 43.6 Å². The van der Waals surface area contributed by atoms with Crippen molar-refractivity contribution in [3.8, 4) is 0 Å². The number of rotatable bonds is 7. The molecule has 4 nitrogen and oxygen atoms in total. The minimum Gasteiger partial charge on any atom is -0.356 e. The zero-order chi connectivity index (χ0) is 17.9. The minimum absolute atomic E-state index is 0.219. The van der Waals surface area contributed by atoms with Crippen molar-refractivity contribution in [3.63, 3.8) is 0 Å². The van der Waals surface area contributed by atoms with E-state index in [-0.39, 0.29) is 17.9 Å². The summed E-state index contributed by atoms with van der Waals surface area (Å²) in [5, 5.41) is 3.05. The van der Waals surface area contributed by atoms with E-state index in [1.165, 1.54) is 11.1 Å². The Morgan fingerprint density at radius 2 is 1.88 bits per heavy atom. The van der Waals surface area contributed by atoms with Crippen LogP contribution in [0.2, 0.25) is 0 Å². The fourth-order valence-corrected chi connectivity index (χ4v) is 3.53. The molecule has 4 rings (SSSR count). The van der Waals surface area contributed by atoms with Gasteiger partial charge in [-0.25, -0.2) is 4.98 Å². The van der Waals surface area contributed by atoms with Gasteiger partial charge in [0.1, 0.15) is 5.82 Å². The summed E-state index contributed by atoms with van der Waals surface area (Å²) in [6.45, 7) is 2.94. The van der Waals surface area contributed by atoms with E-state index in [2.05, 4.69) is 59.3 Å². The van der Waals surface area contributed by atoms with Gasteiger partial charge in [-0.1, -0.05) is 42.5 Å². The molecular formula is C22H25N3O. The first kappa shape index (κ1) is 16.8. The molecule has 1 aliphatic rings. The van der Waals surface area contributed by atoms with Crippen molar-refractivity contribution < 1.29 is 4.79 Å². The maximum atomic E-state index is 11.8. The summed E-state index contributed by atoms with van der Waals surface area (Å²) in [6.07, 6.45) is 3.87. The standard InChI is InChI=1S/C22H25N3O/c1-16(17-8-3-2-4-9-17)25-20-11-6-5-10-19(20)24-21(25)12-7-15-23-22(26)18-13-14-18/h2-6,8-11,16,18H,7,12-15H2,1H3,(H,23,26). The molecular weight excluding hydrogens is 322 g/mol. The highest BCUT2D eigenvalue weighted by Gasteiger charge is 2.29. The number of aryl methyl sites for hydroxylation is 1. The number of aromatic nitrogens is 2. The summed E-state index contributed by atoms with van der Waals surface area (Å²) in [7, 11) is 0. The van der Waals surface area contributed by atoms with Gasteiger partial charge >= 0.3 is 0 Å². The predicted molar refractivity (Wildman–Crippen MR) is 104 cm³/mol. The van der Waals surface area contributed by atoms with Crippen LogP contribution < -0.4 is 5.32 Å². The molecule has 2 aromatic carbocycles. The Labute approximate surface area is 154 Å². The molecule has 1 amide bonds. The third kappa shape index (κ3) is 3.50. The van der Waals surface area contributed by atoms with Gasteiger partial charge in [0.05, 0.1) is 17.1 Å². The number of carbonyl (C=O) groups excluding carboxylic acids is 1. The van der Waals surface area contributed by atoms with Gasteiger partial charge in [-0.05, 0) is 43.9 Å². The van der Waals surface area contributed by atoms with Crippen LogP contribution in [0.15, 0.2) is 54.6 Å². The zero-order valence-electron chi connectivity index (χ0n) is 15.2. The largest absolute Gasteiger partial charge is 0.356 e. The molecule has 26 heavy (non-hydrogen) atoms. The second-order valence-corrected chi connectivity index (χ2v) is 7.14. The van der Waals surface area contributed by atoms with Crippen molar-refractivity contribution in [1.82, 2.24) is 14.9 Å². The van der Waals surface area contributed by atoms with Crippen LogP contribution in [0.5, 0.6) is 0 Å². The van der Waals surface area contributed by atoms with E-state index in [9.17, 15) is 4.79 Å². The number of para-hydroxylation sites is 2. The van der Waals surface area contributed by atoms with Gasteiger partial charge in [0.2, 0.25) is 5.91 Å². The van der Waals surface area contributed by atoms with Gasteiger partial charge in [-0.2, -0.15) is 0 Å². The predicted octanol–water partition coefficient (Wildman–Crippen LogP) is 4.10. The molecule has 134 valence electrons. The molecule has 3 aromatic rings. The average molecular weight is 347 g/mol. The Morgan fingerprint density at radius 3 is 2.65 bits per heavy atom. The fourth-order valence-electron chi connectivity index (χ4n) is 3.53. The summed E-state index contributed by atoms with van der Waals surface area (Å²) in [5.41, 5.74) is 3.48. The number of carbonyl (C=O) groups is 1. The van der Waals surface area contributed by atoms with Crippen LogP contribution in [-0.4, -0.2) is 22.0 Å². The summed E-state index contributed by atoms with van der Waals surface area (Å²) in [4.78, 5) is 16.7.